The minimum atomic E-state index is -0.223. The van der Waals surface area contributed by atoms with Crippen LogP contribution in [-0.2, 0) is 0 Å². The molecule has 0 radical (unpaired) electrons. The SMILES string of the molecule is CC[C@@H]1CCOc2cc(N(C)c3cccc(F)c3)ccc21. The molecule has 21 heavy (non-hydrogen) atoms. The monoisotopic (exact) mass is 285 g/mol. The van der Waals surface area contributed by atoms with Gasteiger partial charge in [0.1, 0.15) is 11.6 Å². The standard InChI is InChI=1S/C18H20FNO/c1-3-13-9-10-21-18-12-16(7-8-17(13)18)20(2)15-6-4-5-14(19)11-15/h4-8,11-13H,3,9-10H2,1-2H3/t13-/m1/s1. The number of benzene rings is 2. The Morgan fingerprint density at radius 2 is 2.00 bits per heavy atom. The third-order valence-electron chi connectivity index (χ3n) is 4.24. The highest BCUT2D eigenvalue weighted by Crippen LogP contribution is 2.38. The average Bonchev–Trinajstić information content (AvgIpc) is 2.53. The summed E-state index contributed by atoms with van der Waals surface area (Å²) in [6.07, 6.45) is 2.22. The van der Waals surface area contributed by atoms with E-state index < -0.39 is 0 Å². The predicted molar refractivity (Wildman–Crippen MR) is 84.0 cm³/mol. The molecule has 1 heterocycles. The lowest BCUT2D eigenvalue weighted by Gasteiger charge is -2.27. The maximum absolute atomic E-state index is 13.4. The number of fused-ring (bicyclic) bond motifs is 1. The zero-order chi connectivity index (χ0) is 14.8. The average molecular weight is 285 g/mol. The van der Waals surface area contributed by atoms with Gasteiger partial charge in [-0.25, -0.2) is 4.39 Å². The van der Waals surface area contributed by atoms with Crippen molar-refractivity contribution in [3.05, 3.63) is 53.8 Å². The van der Waals surface area contributed by atoms with Crippen molar-refractivity contribution >= 4 is 11.4 Å². The van der Waals surface area contributed by atoms with E-state index in [0.717, 1.165) is 36.6 Å². The highest BCUT2D eigenvalue weighted by molar-refractivity contribution is 5.65. The maximum atomic E-state index is 13.4. The molecule has 0 saturated heterocycles. The number of nitrogens with zero attached hydrogens (tertiary/aromatic N) is 1. The van der Waals surface area contributed by atoms with Crippen LogP contribution in [0.3, 0.4) is 0 Å². The Labute approximate surface area is 125 Å². The minimum Gasteiger partial charge on any atom is -0.493 e. The van der Waals surface area contributed by atoms with Gasteiger partial charge in [-0.1, -0.05) is 19.1 Å². The predicted octanol–water partition coefficient (Wildman–Crippen LogP) is 4.87. The summed E-state index contributed by atoms with van der Waals surface area (Å²) in [5.41, 5.74) is 3.13. The van der Waals surface area contributed by atoms with Gasteiger partial charge in [0.05, 0.1) is 6.61 Å². The highest BCUT2D eigenvalue weighted by atomic mass is 19.1. The molecular formula is C18H20FNO. The Hall–Kier alpha value is -2.03. The number of anilines is 2. The molecular weight excluding hydrogens is 265 g/mol. The van der Waals surface area contributed by atoms with Gasteiger partial charge >= 0.3 is 0 Å². The van der Waals surface area contributed by atoms with E-state index in [2.05, 4.69) is 25.1 Å². The Morgan fingerprint density at radius 1 is 1.19 bits per heavy atom. The topological polar surface area (TPSA) is 12.5 Å². The second-order valence-corrected chi connectivity index (χ2v) is 5.50. The van der Waals surface area contributed by atoms with E-state index in [-0.39, 0.29) is 5.82 Å². The molecule has 0 saturated carbocycles. The summed E-state index contributed by atoms with van der Waals surface area (Å²) in [5.74, 6) is 1.33. The van der Waals surface area contributed by atoms with Crippen molar-refractivity contribution in [2.75, 3.05) is 18.6 Å². The van der Waals surface area contributed by atoms with Crippen LogP contribution in [0.15, 0.2) is 42.5 Å². The van der Waals surface area contributed by atoms with E-state index in [4.69, 9.17) is 4.74 Å². The molecule has 0 N–H and O–H groups in total. The van der Waals surface area contributed by atoms with Crippen LogP contribution in [0.2, 0.25) is 0 Å². The molecule has 1 atom stereocenters. The quantitative estimate of drug-likeness (QED) is 0.797. The summed E-state index contributed by atoms with van der Waals surface area (Å²) in [7, 11) is 1.94. The fourth-order valence-corrected chi connectivity index (χ4v) is 2.92. The number of rotatable bonds is 3. The van der Waals surface area contributed by atoms with Gasteiger partial charge in [0, 0.05) is 24.5 Å². The molecule has 0 unspecified atom stereocenters. The van der Waals surface area contributed by atoms with Gasteiger partial charge in [0.25, 0.3) is 0 Å². The molecule has 2 aromatic rings. The first kappa shape index (κ1) is 13.9. The molecule has 0 aromatic heterocycles. The van der Waals surface area contributed by atoms with E-state index >= 15 is 0 Å². The van der Waals surface area contributed by atoms with Crippen molar-refractivity contribution in [1.29, 1.82) is 0 Å². The summed E-state index contributed by atoms with van der Waals surface area (Å²) >= 11 is 0. The van der Waals surface area contributed by atoms with Gasteiger partial charge in [-0.05, 0) is 48.6 Å². The largest absolute Gasteiger partial charge is 0.493 e. The smallest absolute Gasteiger partial charge is 0.125 e. The van der Waals surface area contributed by atoms with E-state index in [1.165, 1.54) is 17.7 Å². The van der Waals surface area contributed by atoms with E-state index in [1.54, 1.807) is 6.07 Å². The van der Waals surface area contributed by atoms with Gasteiger partial charge in [0.15, 0.2) is 0 Å². The third kappa shape index (κ3) is 2.73. The first-order valence-corrected chi connectivity index (χ1v) is 7.45. The van der Waals surface area contributed by atoms with Crippen LogP contribution in [0.25, 0.3) is 0 Å². The first-order chi connectivity index (χ1) is 10.2. The third-order valence-corrected chi connectivity index (χ3v) is 4.24. The lowest BCUT2D eigenvalue weighted by atomic mass is 9.91. The van der Waals surface area contributed by atoms with Gasteiger partial charge in [0.2, 0.25) is 0 Å². The molecule has 0 fully saturated rings. The Morgan fingerprint density at radius 3 is 2.76 bits per heavy atom. The van der Waals surface area contributed by atoms with Crippen molar-refractivity contribution in [3.63, 3.8) is 0 Å². The lowest BCUT2D eigenvalue weighted by molar-refractivity contribution is 0.265. The van der Waals surface area contributed by atoms with Gasteiger partial charge in [-0.2, -0.15) is 0 Å². The molecule has 2 nitrogen and oxygen atoms in total. The van der Waals surface area contributed by atoms with Gasteiger partial charge < -0.3 is 9.64 Å². The maximum Gasteiger partial charge on any atom is 0.125 e. The zero-order valence-electron chi connectivity index (χ0n) is 12.5. The molecule has 1 aliphatic rings. The molecule has 0 spiro atoms. The van der Waals surface area contributed by atoms with Gasteiger partial charge in [-0.15, -0.1) is 0 Å². The molecule has 2 aromatic carbocycles. The van der Waals surface area contributed by atoms with Crippen molar-refractivity contribution in [2.45, 2.75) is 25.7 Å². The zero-order valence-corrected chi connectivity index (χ0v) is 12.5. The van der Waals surface area contributed by atoms with Crippen LogP contribution >= 0.6 is 0 Å². The van der Waals surface area contributed by atoms with Crippen molar-refractivity contribution in [2.24, 2.45) is 0 Å². The first-order valence-electron chi connectivity index (χ1n) is 7.45. The second-order valence-electron chi connectivity index (χ2n) is 5.50. The number of ether oxygens (including phenoxy) is 1. The normalized spacial score (nSPS) is 17.0. The van der Waals surface area contributed by atoms with Crippen LogP contribution in [0.5, 0.6) is 5.75 Å². The lowest BCUT2D eigenvalue weighted by Crippen LogP contribution is -2.15. The van der Waals surface area contributed by atoms with Crippen molar-refractivity contribution in [3.8, 4) is 5.75 Å². The van der Waals surface area contributed by atoms with Gasteiger partial charge in [-0.3, -0.25) is 0 Å². The summed E-state index contributed by atoms with van der Waals surface area (Å²) in [6.45, 7) is 2.99. The number of halogens is 1. The van der Waals surface area contributed by atoms with Crippen LogP contribution in [0.4, 0.5) is 15.8 Å². The highest BCUT2D eigenvalue weighted by Gasteiger charge is 2.20. The Bertz CT molecular complexity index is 641. The number of hydrogen-bond donors (Lipinski definition) is 0. The van der Waals surface area contributed by atoms with E-state index in [1.807, 2.05) is 18.0 Å². The summed E-state index contributed by atoms with van der Waals surface area (Å²) in [4.78, 5) is 1.97. The van der Waals surface area contributed by atoms with Crippen LogP contribution < -0.4 is 9.64 Å². The molecule has 1 aliphatic heterocycles. The Kier molecular flexibility index (Phi) is 3.82. The molecule has 3 rings (SSSR count). The van der Waals surface area contributed by atoms with Crippen LogP contribution in [0, 0.1) is 5.82 Å². The molecule has 110 valence electrons. The van der Waals surface area contributed by atoms with E-state index in [9.17, 15) is 4.39 Å². The molecule has 0 amide bonds. The van der Waals surface area contributed by atoms with Crippen LogP contribution in [-0.4, -0.2) is 13.7 Å². The number of hydrogen-bond acceptors (Lipinski definition) is 2. The summed E-state index contributed by atoms with van der Waals surface area (Å²) < 4.78 is 19.2. The molecule has 0 aliphatic carbocycles. The second kappa shape index (κ2) is 5.76. The van der Waals surface area contributed by atoms with Crippen molar-refractivity contribution < 1.29 is 9.13 Å². The fraction of sp³-hybridized carbons (Fsp3) is 0.333. The summed E-state index contributed by atoms with van der Waals surface area (Å²) in [5, 5.41) is 0. The summed E-state index contributed by atoms with van der Waals surface area (Å²) in [6, 6.07) is 12.9. The van der Waals surface area contributed by atoms with E-state index in [0.29, 0.717) is 5.92 Å². The van der Waals surface area contributed by atoms with Crippen LogP contribution in [0.1, 0.15) is 31.2 Å². The molecule has 0 bridgehead atoms. The Balaban J connectivity index is 1.93. The minimum absolute atomic E-state index is 0.223. The fourth-order valence-electron chi connectivity index (χ4n) is 2.92. The van der Waals surface area contributed by atoms with Crippen molar-refractivity contribution in [1.82, 2.24) is 0 Å². The molecule has 3 heteroatoms.